The van der Waals surface area contributed by atoms with Gasteiger partial charge in [-0.3, -0.25) is 9.59 Å². The summed E-state index contributed by atoms with van der Waals surface area (Å²) < 4.78 is 12.5. The lowest BCUT2D eigenvalue weighted by molar-refractivity contribution is -0.140. The Labute approximate surface area is 205 Å². The molecule has 0 aromatic heterocycles. The number of amides is 2. The summed E-state index contributed by atoms with van der Waals surface area (Å²) in [7, 11) is 0. The molecule has 4 atom stereocenters. The van der Waals surface area contributed by atoms with E-state index in [4.69, 9.17) is 21.1 Å². The Hall–Kier alpha value is -2.64. The molecule has 8 heteroatoms. The van der Waals surface area contributed by atoms with E-state index in [0.717, 1.165) is 17.0 Å². The number of benzene rings is 2. The van der Waals surface area contributed by atoms with Crippen molar-refractivity contribution >= 4 is 45.6 Å². The van der Waals surface area contributed by atoms with Crippen molar-refractivity contribution in [1.82, 2.24) is 5.01 Å². The molecule has 1 saturated carbocycles. The smallest absolute Gasteiger partial charge is 0.254 e. The molecule has 0 unspecified atom stereocenters. The van der Waals surface area contributed by atoms with Gasteiger partial charge in [0.2, 0.25) is 0 Å². The van der Waals surface area contributed by atoms with Crippen LogP contribution in [0.25, 0.3) is 0 Å². The zero-order valence-electron chi connectivity index (χ0n) is 17.9. The van der Waals surface area contributed by atoms with E-state index in [2.05, 4.69) is 33.2 Å². The number of rotatable bonds is 7. The van der Waals surface area contributed by atoms with Crippen molar-refractivity contribution < 1.29 is 19.1 Å². The molecule has 1 aliphatic heterocycles. The third-order valence-electron chi connectivity index (χ3n) is 6.43. The summed E-state index contributed by atoms with van der Waals surface area (Å²) in [5.74, 6) is 0.487. The minimum atomic E-state index is -0.268. The van der Waals surface area contributed by atoms with Gasteiger partial charge in [-0.15, -0.1) is 0 Å². The fraction of sp³-hybridized carbons (Fsp3) is 0.320. The number of carbonyl (C=O) groups is 2. The number of hydrazone groups is 1. The van der Waals surface area contributed by atoms with Crippen LogP contribution in [0, 0.1) is 23.7 Å². The maximum Gasteiger partial charge on any atom is 0.254 e. The van der Waals surface area contributed by atoms with Crippen LogP contribution in [0.2, 0.25) is 5.02 Å². The first kappa shape index (κ1) is 22.2. The fourth-order valence-electron chi connectivity index (χ4n) is 4.89. The molecule has 1 heterocycles. The number of imide groups is 1. The van der Waals surface area contributed by atoms with Gasteiger partial charge in [-0.25, -0.2) is 0 Å². The second-order valence-electron chi connectivity index (χ2n) is 8.40. The molecule has 2 amide bonds. The second-order valence-corrected chi connectivity index (χ2v) is 9.69. The van der Waals surface area contributed by atoms with Crippen molar-refractivity contribution in [2.24, 2.45) is 28.8 Å². The van der Waals surface area contributed by atoms with Crippen molar-refractivity contribution in [3.63, 3.8) is 0 Å². The van der Waals surface area contributed by atoms with Crippen LogP contribution in [0.5, 0.6) is 11.5 Å². The summed E-state index contributed by atoms with van der Waals surface area (Å²) in [4.78, 5) is 25.7. The van der Waals surface area contributed by atoms with E-state index >= 15 is 0 Å². The van der Waals surface area contributed by atoms with Crippen molar-refractivity contribution in [3.05, 3.63) is 69.2 Å². The molecule has 2 aliphatic carbocycles. The zero-order valence-corrected chi connectivity index (χ0v) is 20.3. The van der Waals surface area contributed by atoms with Gasteiger partial charge in [0.05, 0.1) is 24.7 Å². The molecule has 2 fully saturated rings. The third kappa shape index (κ3) is 4.08. The lowest BCUT2D eigenvalue weighted by atomic mass is 9.85. The van der Waals surface area contributed by atoms with Gasteiger partial charge in [0.25, 0.3) is 11.8 Å². The SMILES string of the molecule is CCOc1cc(C=NN2C(=O)[C@@H]3[C@H](C2=O)[C@H]2C=C[C@H]3C2)c(Br)cc1OCc1ccc(Cl)cc1. The van der Waals surface area contributed by atoms with E-state index < -0.39 is 0 Å². The van der Waals surface area contributed by atoms with Crippen LogP contribution >= 0.6 is 27.5 Å². The molecular weight excluding hydrogens is 508 g/mol. The number of hydrogen-bond acceptors (Lipinski definition) is 5. The highest BCUT2D eigenvalue weighted by atomic mass is 79.9. The van der Waals surface area contributed by atoms with E-state index in [9.17, 15) is 9.59 Å². The van der Waals surface area contributed by atoms with Gasteiger partial charge in [-0.1, -0.05) is 35.9 Å². The standard InChI is InChI=1S/C25H22BrClN2O4/c1-2-32-20-10-17(19(26)11-21(20)33-13-14-3-7-18(27)8-4-14)12-28-29-24(30)22-15-5-6-16(9-15)23(22)25(29)31/h3-8,10-12,15-16,22-23H,2,9,13H2,1H3/t15-,16-,22-,23+/m0/s1. The van der Waals surface area contributed by atoms with Crippen LogP contribution in [-0.2, 0) is 16.2 Å². The van der Waals surface area contributed by atoms with Crippen LogP contribution in [0.3, 0.4) is 0 Å². The molecule has 6 nitrogen and oxygen atoms in total. The predicted octanol–water partition coefficient (Wildman–Crippen LogP) is 5.22. The zero-order chi connectivity index (χ0) is 23.1. The summed E-state index contributed by atoms with van der Waals surface area (Å²) in [5, 5.41) is 5.98. The molecular formula is C25H22BrClN2O4. The molecule has 1 saturated heterocycles. The second kappa shape index (κ2) is 8.95. The topological polar surface area (TPSA) is 68.2 Å². The van der Waals surface area contributed by atoms with Crippen LogP contribution in [0.4, 0.5) is 0 Å². The van der Waals surface area contributed by atoms with E-state index in [-0.39, 0.29) is 35.5 Å². The van der Waals surface area contributed by atoms with Gasteiger partial charge < -0.3 is 9.47 Å². The average molecular weight is 530 g/mol. The average Bonchev–Trinajstić information content (AvgIpc) is 3.48. The highest BCUT2D eigenvalue weighted by Crippen LogP contribution is 2.52. The Morgan fingerprint density at radius 2 is 1.70 bits per heavy atom. The van der Waals surface area contributed by atoms with Gasteiger partial charge in [0, 0.05) is 15.1 Å². The first-order valence-corrected chi connectivity index (χ1v) is 12.1. The first-order chi connectivity index (χ1) is 16.0. The first-order valence-electron chi connectivity index (χ1n) is 10.9. The van der Waals surface area contributed by atoms with Crippen LogP contribution in [0.1, 0.15) is 24.5 Å². The quantitative estimate of drug-likeness (QED) is 0.280. The van der Waals surface area contributed by atoms with E-state index in [1.165, 1.54) is 6.21 Å². The molecule has 33 heavy (non-hydrogen) atoms. The van der Waals surface area contributed by atoms with Gasteiger partial charge >= 0.3 is 0 Å². The highest BCUT2D eigenvalue weighted by molar-refractivity contribution is 9.10. The maximum atomic E-state index is 12.9. The summed E-state index contributed by atoms with van der Waals surface area (Å²) in [6, 6.07) is 11.0. The summed E-state index contributed by atoms with van der Waals surface area (Å²) in [6.07, 6.45) is 6.54. The van der Waals surface area contributed by atoms with Crippen molar-refractivity contribution in [1.29, 1.82) is 0 Å². The molecule has 2 bridgehead atoms. The number of halogens is 2. The molecule has 0 spiro atoms. The number of carbonyl (C=O) groups excluding carboxylic acids is 2. The summed E-state index contributed by atoms with van der Waals surface area (Å²) in [5.41, 5.74) is 1.65. The molecule has 170 valence electrons. The van der Waals surface area contributed by atoms with Gasteiger partial charge in [-0.2, -0.15) is 10.1 Å². The number of hydrogen-bond donors (Lipinski definition) is 0. The number of fused-ring (bicyclic) bond motifs is 5. The Morgan fingerprint density at radius 1 is 1.06 bits per heavy atom. The van der Waals surface area contributed by atoms with Gasteiger partial charge in [-0.05, 0) is 70.9 Å². The fourth-order valence-corrected chi connectivity index (χ4v) is 5.44. The molecule has 0 N–H and O–H groups in total. The normalized spacial score (nSPS) is 25.4. The molecule has 5 rings (SSSR count). The number of ether oxygens (including phenoxy) is 2. The largest absolute Gasteiger partial charge is 0.490 e. The molecule has 3 aliphatic rings. The lowest BCUT2D eigenvalue weighted by Crippen LogP contribution is -2.28. The maximum absolute atomic E-state index is 12.9. The Balaban J connectivity index is 1.34. The minimum absolute atomic E-state index is 0.157. The molecule has 2 aromatic rings. The summed E-state index contributed by atoms with van der Waals surface area (Å²) >= 11 is 9.49. The van der Waals surface area contributed by atoms with Crippen molar-refractivity contribution in [2.45, 2.75) is 20.0 Å². The van der Waals surface area contributed by atoms with Gasteiger partial charge in [0.1, 0.15) is 6.61 Å². The number of nitrogens with zero attached hydrogens (tertiary/aromatic N) is 2. The highest BCUT2D eigenvalue weighted by Gasteiger charge is 2.59. The van der Waals surface area contributed by atoms with E-state index in [0.29, 0.717) is 39.8 Å². The van der Waals surface area contributed by atoms with Crippen molar-refractivity contribution in [3.8, 4) is 11.5 Å². The molecule has 0 radical (unpaired) electrons. The van der Waals surface area contributed by atoms with Crippen LogP contribution < -0.4 is 9.47 Å². The minimum Gasteiger partial charge on any atom is -0.490 e. The van der Waals surface area contributed by atoms with Gasteiger partial charge in [0.15, 0.2) is 11.5 Å². The van der Waals surface area contributed by atoms with Crippen LogP contribution in [0.15, 0.2) is 58.1 Å². The van der Waals surface area contributed by atoms with Crippen molar-refractivity contribution in [2.75, 3.05) is 6.61 Å². The number of allylic oxidation sites excluding steroid dienone is 2. The predicted molar refractivity (Wildman–Crippen MR) is 128 cm³/mol. The van der Waals surface area contributed by atoms with E-state index in [1.54, 1.807) is 12.1 Å². The summed E-state index contributed by atoms with van der Waals surface area (Å²) in [6.45, 7) is 2.70. The molecule has 2 aromatic carbocycles. The lowest BCUT2D eigenvalue weighted by Gasteiger charge is -2.15. The Kier molecular flexibility index (Phi) is 6.01. The Bertz CT molecular complexity index is 1130. The Morgan fingerprint density at radius 3 is 2.33 bits per heavy atom. The third-order valence-corrected chi connectivity index (χ3v) is 7.37. The van der Waals surface area contributed by atoms with E-state index in [1.807, 2.05) is 31.2 Å². The van der Waals surface area contributed by atoms with Crippen LogP contribution in [-0.4, -0.2) is 29.6 Å². The monoisotopic (exact) mass is 528 g/mol.